The van der Waals surface area contributed by atoms with E-state index in [0.717, 1.165) is 0 Å². The molecule has 0 spiro atoms. The fourth-order valence-corrected chi connectivity index (χ4v) is 1.25. The summed E-state index contributed by atoms with van der Waals surface area (Å²) in [6, 6.07) is 7.93. The Morgan fingerprint density at radius 1 is 1.61 bits per heavy atom. The summed E-state index contributed by atoms with van der Waals surface area (Å²) < 4.78 is 4.86. The maximum Gasteiger partial charge on any atom is 0.352 e. The van der Waals surface area contributed by atoms with Gasteiger partial charge in [0, 0.05) is 10.6 Å². The van der Waals surface area contributed by atoms with E-state index in [1.165, 1.54) is 6.21 Å². The Bertz CT molecular complexity index is 444. The van der Waals surface area contributed by atoms with Crippen LogP contribution in [0.2, 0.25) is 5.02 Å². The van der Waals surface area contributed by atoms with Gasteiger partial charge in [0.25, 0.3) is 0 Å². The van der Waals surface area contributed by atoms with Gasteiger partial charge in [0.2, 0.25) is 5.60 Å². The van der Waals surface area contributed by atoms with Crippen LogP contribution < -0.4 is 0 Å². The lowest BCUT2D eigenvalue weighted by molar-refractivity contribution is -0.167. The van der Waals surface area contributed by atoms with Gasteiger partial charge in [-0.3, -0.25) is 0 Å². The molecule has 0 bridgehead atoms. The molecule has 0 saturated heterocycles. The molecule has 0 unspecified atom stereocenters. The number of ether oxygens (including phenoxy) is 1. The van der Waals surface area contributed by atoms with Crippen molar-refractivity contribution in [3.8, 4) is 0 Å². The summed E-state index contributed by atoms with van der Waals surface area (Å²) in [6.45, 7) is 5.20. The third kappa shape index (κ3) is 4.04. The van der Waals surface area contributed by atoms with Gasteiger partial charge in [-0.05, 0) is 39.0 Å². The van der Waals surface area contributed by atoms with Gasteiger partial charge < -0.3 is 9.57 Å². The zero-order valence-electron chi connectivity index (χ0n) is 10.6. The van der Waals surface area contributed by atoms with Gasteiger partial charge in [-0.15, -0.1) is 0 Å². The van der Waals surface area contributed by atoms with Crippen molar-refractivity contribution in [2.45, 2.75) is 26.4 Å². The van der Waals surface area contributed by atoms with Crippen LogP contribution in [0.15, 0.2) is 23.4 Å². The molecule has 97 valence electrons. The third-order valence-electron chi connectivity index (χ3n) is 2.08. The predicted octanol–water partition coefficient (Wildman–Crippen LogP) is 2.83. The highest BCUT2D eigenvalue weighted by atomic mass is 35.5. The van der Waals surface area contributed by atoms with Crippen LogP contribution in [0.1, 0.15) is 26.3 Å². The van der Waals surface area contributed by atoms with E-state index < -0.39 is 11.6 Å². The van der Waals surface area contributed by atoms with Crippen LogP contribution in [0, 0.1) is 6.07 Å². The van der Waals surface area contributed by atoms with Crippen molar-refractivity contribution >= 4 is 23.8 Å². The van der Waals surface area contributed by atoms with Crippen LogP contribution in [0.3, 0.4) is 0 Å². The quantitative estimate of drug-likeness (QED) is 0.469. The number of carbonyl (C=O) groups is 1. The fourth-order valence-electron chi connectivity index (χ4n) is 1.08. The molecule has 18 heavy (non-hydrogen) atoms. The van der Waals surface area contributed by atoms with Gasteiger partial charge in [-0.25, -0.2) is 4.79 Å². The Balaban J connectivity index is 2.65. The monoisotopic (exact) mass is 268 g/mol. The van der Waals surface area contributed by atoms with Crippen LogP contribution in [-0.4, -0.2) is 24.4 Å². The molecule has 0 aliphatic carbocycles. The van der Waals surface area contributed by atoms with E-state index in [1.807, 2.05) is 0 Å². The van der Waals surface area contributed by atoms with Crippen molar-refractivity contribution in [2.24, 2.45) is 5.16 Å². The minimum atomic E-state index is -1.13. The molecule has 5 heteroatoms. The summed E-state index contributed by atoms with van der Waals surface area (Å²) in [5.41, 5.74) is -0.462. The van der Waals surface area contributed by atoms with E-state index in [2.05, 4.69) is 11.2 Å². The zero-order chi connectivity index (χ0) is 13.6. The molecule has 1 radical (unpaired) electrons. The number of halogens is 1. The molecule has 1 aromatic carbocycles. The average Bonchev–Trinajstić information content (AvgIpc) is 2.32. The largest absolute Gasteiger partial charge is 0.463 e. The number of hydrogen-bond acceptors (Lipinski definition) is 4. The van der Waals surface area contributed by atoms with Gasteiger partial charge in [-0.2, -0.15) is 0 Å². The Hall–Kier alpha value is -1.55. The minimum Gasteiger partial charge on any atom is -0.463 e. The molecule has 1 aromatic rings. The van der Waals surface area contributed by atoms with E-state index in [4.69, 9.17) is 21.2 Å². The second-order valence-corrected chi connectivity index (χ2v) is 4.41. The second-order valence-electron chi connectivity index (χ2n) is 4.00. The first-order chi connectivity index (χ1) is 8.47. The molecule has 0 atom stereocenters. The first kappa shape index (κ1) is 14.5. The summed E-state index contributed by atoms with van der Waals surface area (Å²) in [4.78, 5) is 16.6. The minimum absolute atomic E-state index is 0.300. The fraction of sp³-hybridized carbons (Fsp3) is 0.385. The maximum atomic E-state index is 11.5. The van der Waals surface area contributed by atoms with Gasteiger partial charge in [0.15, 0.2) is 0 Å². The number of rotatable bonds is 5. The highest BCUT2D eigenvalue weighted by Crippen LogP contribution is 2.14. The normalized spacial score (nSPS) is 11.6. The van der Waals surface area contributed by atoms with E-state index in [1.54, 1.807) is 39.0 Å². The predicted molar refractivity (Wildman–Crippen MR) is 69.7 cm³/mol. The number of nitrogens with zero attached hydrogens (tertiary/aromatic N) is 1. The summed E-state index contributed by atoms with van der Waals surface area (Å²) >= 11 is 5.93. The first-order valence-corrected chi connectivity index (χ1v) is 5.89. The Kier molecular flexibility index (Phi) is 5.16. The topological polar surface area (TPSA) is 47.9 Å². The van der Waals surface area contributed by atoms with Gasteiger partial charge in [0.1, 0.15) is 0 Å². The molecule has 0 aliphatic heterocycles. The number of oxime groups is 1. The van der Waals surface area contributed by atoms with Crippen molar-refractivity contribution in [1.29, 1.82) is 0 Å². The van der Waals surface area contributed by atoms with Crippen LogP contribution in [0.5, 0.6) is 0 Å². The summed E-state index contributed by atoms with van der Waals surface area (Å²) in [5.74, 6) is -0.465. The standard InChI is InChI=1S/C13H15ClNO3/c1-4-17-12(16)13(2,3)18-15-9-10-7-5-6-8-11(10)14/h6-9H,4H2,1-3H3/b15-9+. The lowest BCUT2D eigenvalue weighted by atomic mass is 10.1. The lowest BCUT2D eigenvalue weighted by Crippen LogP contribution is -2.35. The van der Waals surface area contributed by atoms with Crippen molar-refractivity contribution in [3.63, 3.8) is 0 Å². The van der Waals surface area contributed by atoms with E-state index in [9.17, 15) is 4.79 Å². The molecule has 4 nitrogen and oxygen atoms in total. The first-order valence-electron chi connectivity index (χ1n) is 5.51. The SMILES string of the molecule is CCOC(=O)C(C)(C)O/N=C/c1c[c]ccc1Cl. The van der Waals surface area contributed by atoms with E-state index in [-0.39, 0.29) is 0 Å². The molecule has 0 N–H and O–H groups in total. The van der Waals surface area contributed by atoms with Gasteiger partial charge in [-0.1, -0.05) is 22.8 Å². The molecular weight excluding hydrogens is 254 g/mol. The van der Waals surface area contributed by atoms with Crippen molar-refractivity contribution in [1.82, 2.24) is 0 Å². The molecule has 0 aliphatic rings. The second kappa shape index (κ2) is 6.40. The number of carbonyl (C=O) groups excluding carboxylic acids is 1. The van der Waals surface area contributed by atoms with Gasteiger partial charge >= 0.3 is 5.97 Å². The van der Waals surface area contributed by atoms with E-state index >= 15 is 0 Å². The Morgan fingerprint density at radius 2 is 2.33 bits per heavy atom. The van der Waals surface area contributed by atoms with Crippen LogP contribution >= 0.6 is 11.6 Å². The molecule has 0 heterocycles. The average molecular weight is 269 g/mol. The van der Waals surface area contributed by atoms with Crippen molar-refractivity contribution in [3.05, 3.63) is 34.9 Å². The smallest absolute Gasteiger partial charge is 0.352 e. The Labute approximate surface area is 112 Å². The summed E-state index contributed by atoms with van der Waals surface area (Å²) in [6.07, 6.45) is 1.43. The number of benzene rings is 1. The molecule has 0 fully saturated rings. The summed E-state index contributed by atoms with van der Waals surface area (Å²) in [7, 11) is 0. The van der Waals surface area contributed by atoms with Crippen LogP contribution in [0.25, 0.3) is 0 Å². The lowest BCUT2D eigenvalue weighted by Gasteiger charge is -2.19. The van der Waals surface area contributed by atoms with Crippen molar-refractivity contribution in [2.75, 3.05) is 6.61 Å². The zero-order valence-corrected chi connectivity index (χ0v) is 11.3. The molecule has 0 saturated carbocycles. The number of hydrogen-bond donors (Lipinski definition) is 0. The molecule has 0 aromatic heterocycles. The van der Waals surface area contributed by atoms with Crippen molar-refractivity contribution < 1.29 is 14.4 Å². The van der Waals surface area contributed by atoms with Crippen LogP contribution in [0.4, 0.5) is 0 Å². The highest BCUT2D eigenvalue weighted by Gasteiger charge is 2.31. The Morgan fingerprint density at radius 3 is 2.94 bits per heavy atom. The van der Waals surface area contributed by atoms with E-state index in [0.29, 0.717) is 17.2 Å². The molecular formula is C13H15ClNO3. The summed E-state index contributed by atoms with van der Waals surface area (Å²) in [5, 5.41) is 4.28. The molecule has 0 amide bonds. The number of esters is 1. The van der Waals surface area contributed by atoms with Gasteiger partial charge in [0.05, 0.1) is 12.8 Å². The highest BCUT2D eigenvalue weighted by molar-refractivity contribution is 6.33. The maximum absolute atomic E-state index is 11.5. The van der Waals surface area contributed by atoms with Crippen LogP contribution in [-0.2, 0) is 14.4 Å². The third-order valence-corrected chi connectivity index (χ3v) is 2.42. The molecule has 1 rings (SSSR count).